The van der Waals surface area contributed by atoms with Crippen molar-refractivity contribution in [3.63, 3.8) is 0 Å². The van der Waals surface area contributed by atoms with Gasteiger partial charge in [-0.3, -0.25) is 9.59 Å². The first-order valence-corrected chi connectivity index (χ1v) is 13.1. The normalized spacial score (nSPS) is 22.9. The Kier molecular flexibility index (Phi) is 7.11. The molecule has 3 aliphatic rings. The topological polar surface area (TPSA) is 67.9 Å². The van der Waals surface area contributed by atoms with Gasteiger partial charge in [0.15, 0.2) is 11.6 Å². The summed E-state index contributed by atoms with van der Waals surface area (Å²) in [4.78, 5) is 27.9. The maximum atomic E-state index is 14.5. The van der Waals surface area contributed by atoms with Gasteiger partial charge in [0, 0.05) is 35.6 Å². The van der Waals surface area contributed by atoms with E-state index in [2.05, 4.69) is 5.32 Å². The number of ether oxygens (including phenoxy) is 2. The molecule has 192 valence electrons. The van der Waals surface area contributed by atoms with Crippen molar-refractivity contribution < 1.29 is 23.5 Å². The second kappa shape index (κ2) is 10.3. The van der Waals surface area contributed by atoms with Gasteiger partial charge in [0.1, 0.15) is 5.75 Å². The number of nitrogens with zero attached hydrogens (tertiary/aromatic N) is 1. The van der Waals surface area contributed by atoms with Crippen LogP contribution in [-0.2, 0) is 11.2 Å². The van der Waals surface area contributed by atoms with Gasteiger partial charge in [-0.25, -0.2) is 4.39 Å². The lowest BCUT2D eigenvalue weighted by Crippen LogP contribution is -2.41. The zero-order valence-corrected chi connectivity index (χ0v) is 21.3. The Morgan fingerprint density at radius 3 is 2.75 bits per heavy atom. The molecule has 0 spiro atoms. The molecule has 2 aromatic carbocycles. The van der Waals surface area contributed by atoms with E-state index >= 15 is 0 Å². The zero-order valence-electron chi connectivity index (χ0n) is 20.5. The number of rotatable bonds is 9. The van der Waals surface area contributed by atoms with Gasteiger partial charge in [0.2, 0.25) is 5.91 Å². The Balaban J connectivity index is 1.19. The Morgan fingerprint density at radius 2 is 2.03 bits per heavy atom. The highest BCUT2D eigenvalue weighted by Gasteiger charge is 2.50. The zero-order chi connectivity index (χ0) is 25.3. The highest BCUT2D eigenvalue weighted by molar-refractivity contribution is 6.31. The summed E-state index contributed by atoms with van der Waals surface area (Å²) < 4.78 is 25.2. The van der Waals surface area contributed by atoms with Crippen molar-refractivity contribution in [2.45, 2.75) is 38.5 Å². The van der Waals surface area contributed by atoms with E-state index in [9.17, 15) is 14.0 Å². The monoisotopic (exact) mass is 514 g/mol. The number of benzene rings is 2. The van der Waals surface area contributed by atoms with E-state index in [1.165, 1.54) is 12.1 Å². The molecule has 1 saturated heterocycles. The Labute approximate surface area is 216 Å². The summed E-state index contributed by atoms with van der Waals surface area (Å²) in [5, 5.41) is 3.54. The first-order chi connectivity index (χ1) is 17.4. The van der Waals surface area contributed by atoms with Crippen LogP contribution in [0.2, 0.25) is 5.02 Å². The van der Waals surface area contributed by atoms with Crippen molar-refractivity contribution in [2.75, 3.05) is 33.4 Å². The second-order valence-electron chi connectivity index (χ2n) is 10.4. The van der Waals surface area contributed by atoms with E-state index in [0.717, 1.165) is 37.7 Å². The third kappa shape index (κ3) is 5.31. The second-order valence-corrected chi connectivity index (χ2v) is 10.8. The number of hydrogen-bond donors (Lipinski definition) is 1. The fourth-order valence-corrected chi connectivity index (χ4v) is 5.81. The van der Waals surface area contributed by atoms with Gasteiger partial charge in [-0.1, -0.05) is 24.1 Å². The Bertz CT molecular complexity index is 1150. The molecule has 2 saturated carbocycles. The number of nitrogens with one attached hydrogen (secondary N) is 1. The molecule has 0 unspecified atom stereocenters. The standard InChI is InChI=1S/C28H32ClFN2O4/c1-35-22-8-6-19(23(29)13-22)12-26(33)32-14-21-3-2-10-28(21,17-32)16-31-27(34)20-7-9-25(24(30)11-20)36-15-18-4-5-18/h6-9,11,13,18,21H,2-5,10,12,14-17H2,1H3,(H,31,34)/t21-,28-/m0/s1. The SMILES string of the molecule is COc1ccc(CC(=O)N2C[C@@H]3CCC[C@]3(CNC(=O)c3ccc(OCC4CC4)c(F)c3)C2)c(Cl)c1. The molecule has 2 aliphatic carbocycles. The number of carbonyl (C=O) groups excluding carboxylic acids is 2. The van der Waals surface area contributed by atoms with Gasteiger partial charge in [0.25, 0.3) is 5.91 Å². The molecule has 2 amide bonds. The molecule has 0 aromatic heterocycles. The number of halogens is 2. The van der Waals surface area contributed by atoms with Crippen LogP contribution in [0.15, 0.2) is 36.4 Å². The van der Waals surface area contributed by atoms with Crippen LogP contribution in [0, 0.1) is 23.1 Å². The summed E-state index contributed by atoms with van der Waals surface area (Å²) in [6, 6.07) is 9.72. The average Bonchev–Trinajstić information content (AvgIpc) is 3.51. The fourth-order valence-electron chi connectivity index (χ4n) is 5.58. The first kappa shape index (κ1) is 24.9. The maximum Gasteiger partial charge on any atom is 0.251 e. The van der Waals surface area contributed by atoms with Crippen molar-refractivity contribution >= 4 is 23.4 Å². The molecule has 6 nitrogen and oxygen atoms in total. The van der Waals surface area contributed by atoms with Gasteiger partial charge in [0.05, 0.1) is 20.1 Å². The smallest absolute Gasteiger partial charge is 0.251 e. The number of methoxy groups -OCH3 is 1. The molecule has 3 fully saturated rings. The van der Waals surface area contributed by atoms with Crippen LogP contribution in [-0.4, -0.2) is 50.1 Å². The van der Waals surface area contributed by atoms with E-state index in [1.807, 2.05) is 11.0 Å². The molecule has 8 heteroatoms. The summed E-state index contributed by atoms with van der Waals surface area (Å²) in [5.41, 5.74) is 0.895. The Morgan fingerprint density at radius 1 is 1.19 bits per heavy atom. The minimum Gasteiger partial charge on any atom is -0.497 e. The van der Waals surface area contributed by atoms with E-state index in [1.54, 1.807) is 25.3 Å². The third-order valence-electron chi connectivity index (χ3n) is 7.96. The molecular formula is C28H32ClFN2O4. The minimum absolute atomic E-state index is 0.0334. The lowest BCUT2D eigenvalue weighted by molar-refractivity contribution is -0.130. The number of likely N-dealkylation sites (tertiary alicyclic amines) is 1. The minimum atomic E-state index is -0.518. The van der Waals surface area contributed by atoms with Gasteiger partial charge in [-0.15, -0.1) is 0 Å². The van der Waals surface area contributed by atoms with Crippen LogP contribution >= 0.6 is 11.6 Å². The summed E-state index contributed by atoms with van der Waals surface area (Å²) in [5.74, 6) is 0.912. The van der Waals surface area contributed by atoms with E-state index < -0.39 is 5.82 Å². The summed E-state index contributed by atoms with van der Waals surface area (Å²) in [7, 11) is 1.58. The van der Waals surface area contributed by atoms with Crippen LogP contribution in [0.1, 0.15) is 48.0 Å². The van der Waals surface area contributed by atoms with Gasteiger partial charge in [-0.2, -0.15) is 0 Å². The number of hydrogen-bond acceptors (Lipinski definition) is 4. The van der Waals surface area contributed by atoms with Crippen molar-refractivity contribution in [1.82, 2.24) is 10.2 Å². The first-order valence-electron chi connectivity index (χ1n) is 12.7. The van der Waals surface area contributed by atoms with Crippen molar-refractivity contribution in [1.29, 1.82) is 0 Å². The molecule has 36 heavy (non-hydrogen) atoms. The van der Waals surface area contributed by atoms with Gasteiger partial charge in [-0.05, 0) is 73.4 Å². The average molecular weight is 515 g/mol. The fraction of sp³-hybridized carbons (Fsp3) is 0.500. The third-order valence-corrected chi connectivity index (χ3v) is 8.31. The van der Waals surface area contributed by atoms with Crippen LogP contribution in [0.25, 0.3) is 0 Å². The molecule has 2 atom stereocenters. The lowest BCUT2D eigenvalue weighted by Gasteiger charge is -2.29. The Hall–Kier alpha value is -2.80. The van der Waals surface area contributed by atoms with Crippen LogP contribution in [0.5, 0.6) is 11.5 Å². The predicted molar refractivity (Wildman–Crippen MR) is 135 cm³/mol. The van der Waals surface area contributed by atoms with Gasteiger partial charge < -0.3 is 19.7 Å². The van der Waals surface area contributed by atoms with Crippen LogP contribution in [0.4, 0.5) is 4.39 Å². The number of fused-ring (bicyclic) bond motifs is 1. The van der Waals surface area contributed by atoms with E-state index in [4.69, 9.17) is 21.1 Å². The largest absolute Gasteiger partial charge is 0.497 e. The number of carbonyl (C=O) groups is 2. The van der Waals surface area contributed by atoms with Crippen molar-refractivity contribution in [2.24, 2.45) is 17.3 Å². The van der Waals surface area contributed by atoms with Crippen LogP contribution < -0.4 is 14.8 Å². The molecule has 0 bridgehead atoms. The molecule has 2 aromatic rings. The molecule has 1 aliphatic heterocycles. The van der Waals surface area contributed by atoms with E-state index in [0.29, 0.717) is 48.8 Å². The molecule has 5 rings (SSSR count). The molecular weight excluding hydrogens is 483 g/mol. The highest BCUT2D eigenvalue weighted by Crippen LogP contribution is 2.48. The van der Waals surface area contributed by atoms with Crippen molar-refractivity contribution in [3.05, 3.63) is 58.4 Å². The predicted octanol–water partition coefficient (Wildman–Crippen LogP) is 4.88. The van der Waals surface area contributed by atoms with Crippen LogP contribution in [0.3, 0.4) is 0 Å². The summed E-state index contributed by atoms with van der Waals surface area (Å²) >= 11 is 6.35. The number of amides is 2. The summed E-state index contributed by atoms with van der Waals surface area (Å²) in [6.45, 7) is 2.27. The lowest BCUT2D eigenvalue weighted by atomic mass is 9.80. The quantitative estimate of drug-likeness (QED) is 0.518. The van der Waals surface area contributed by atoms with E-state index in [-0.39, 0.29) is 35.0 Å². The van der Waals surface area contributed by atoms with Gasteiger partial charge >= 0.3 is 0 Å². The summed E-state index contributed by atoms with van der Waals surface area (Å²) in [6.07, 6.45) is 5.55. The molecule has 1 heterocycles. The molecule has 1 N–H and O–H groups in total. The molecule has 0 radical (unpaired) electrons. The maximum absolute atomic E-state index is 14.5. The van der Waals surface area contributed by atoms with Crippen molar-refractivity contribution in [3.8, 4) is 11.5 Å². The highest BCUT2D eigenvalue weighted by atomic mass is 35.5.